The third-order valence-corrected chi connectivity index (χ3v) is 6.39. The van der Waals surface area contributed by atoms with Crippen molar-refractivity contribution in [2.45, 2.75) is 18.9 Å². The average molecular weight is 655 g/mol. The van der Waals surface area contributed by atoms with Gasteiger partial charge in [-0.15, -0.1) is 0 Å². The van der Waals surface area contributed by atoms with Crippen molar-refractivity contribution in [3.8, 4) is 0 Å². The molecule has 0 radical (unpaired) electrons. The summed E-state index contributed by atoms with van der Waals surface area (Å²) in [6, 6.07) is 0. The highest BCUT2D eigenvalue weighted by Gasteiger charge is 2.27. The number of nitrogens with two attached hydrogens (primary N) is 2. The Morgan fingerprint density at radius 2 is 1.65 bits per heavy atom. The first-order chi connectivity index (χ1) is 10.8. The standard InChI is InChI=1S/C13H12I3N3O4/c14-8-6(12(17)21)9(15)11(10(16)7(8)13(18)22)19-5-2-1-4(3-20)23-5/h4,20H,1-3H2,(H2,17,21)(H2,18,22). The summed E-state index contributed by atoms with van der Waals surface area (Å²) in [6.45, 7) is -0.0844. The number of hydrogen-bond acceptors (Lipinski definition) is 5. The molecule has 1 aromatic carbocycles. The molecule has 1 aliphatic rings. The van der Waals surface area contributed by atoms with E-state index in [0.29, 0.717) is 35.1 Å². The minimum Gasteiger partial charge on any atom is -0.475 e. The molecule has 0 bridgehead atoms. The number of carbonyl (C=O) groups excluding carboxylic acids is 2. The maximum Gasteiger partial charge on any atom is 0.250 e. The van der Waals surface area contributed by atoms with Crippen LogP contribution in [0.3, 0.4) is 0 Å². The van der Waals surface area contributed by atoms with Crippen molar-refractivity contribution in [1.29, 1.82) is 0 Å². The number of primary amides is 2. The molecule has 0 spiro atoms. The summed E-state index contributed by atoms with van der Waals surface area (Å²) in [4.78, 5) is 28.0. The Bertz CT molecular complexity index is 680. The summed E-state index contributed by atoms with van der Waals surface area (Å²) in [6.07, 6.45) is 0.957. The predicted molar refractivity (Wildman–Crippen MR) is 110 cm³/mol. The Morgan fingerprint density at radius 3 is 2.04 bits per heavy atom. The zero-order chi connectivity index (χ0) is 17.3. The molecule has 0 aliphatic carbocycles. The molecule has 7 nitrogen and oxygen atoms in total. The second-order valence-corrected chi connectivity index (χ2v) is 7.97. The summed E-state index contributed by atoms with van der Waals surface area (Å²) in [5, 5.41) is 9.12. The molecule has 2 rings (SSSR count). The molecule has 1 heterocycles. The minimum absolute atomic E-state index is 0.0844. The molecule has 0 aromatic heterocycles. The topological polar surface area (TPSA) is 128 Å². The van der Waals surface area contributed by atoms with Crippen molar-refractivity contribution < 1.29 is 19.4 Å². The Hall–Kier alpha value is -0.220. The van der Waals surface area contributed by atoms with E-state index in [9.17, 15) is 9.59 Å². The summed E-state index contributed by atoms with van der Waals surface area (Å²) >= 11 is 5.84. The summed E-state index contributed by atoms with van der Waals surface area (Å²) < 4.78 is 7.01. The molecule has 23 heavy (non-hydrogen) atoms. The number of nitrogens with zero attached hydrogens (tertiary/aromatic N) is 1. The lowest BCUT2D eigenvalue weighted by atomic mass is 10.1. The van der Waals surface area contributed by atoms with Gasteiger partial charge in [-0.1, -0.05) is 0 Å². The fraction of sp³-hybridized carbons (Fsp3) is 0.308. The largest absolute Gasteiger partial charge is 0.475 e. The Morgan fingerprint density at radius 1 is 1.13 bits per heavy atom. The highest BCUT2D eigenvalue weighted by Crippen LogP contribution is 2.37. The molecule has 124 valence electrons. The highest BCUT2D eigenvalue weighted by molar-refractivity contribution is 14.1. The van der Waals surface area contributed by atoms with Gasteiger partial charge in [-0.25, -0.2) is 4.99 Å². The minimum atomic E-state index is -0.653. The first-order valence-electron chi connectivity index (χ1n) is 6.43. The molecule has 2 amide bonds. The predicted octanol–water partition coefficient (Wildman–Crippen LogP) is 1.90. The van der Waals surface area contributed by atoms with E-state index < -0.39 is 11.8 Å². The van der Waals surface area contributed by atoms with E-state index in [1.54, 1.807) is 0 Å². The van der Waals surface area contributed by atoms with Crippen molar-refractivity contribution in [1.82, 2.24) is 0 Å². The number of halogens is 3. The van der Waals surface area contributed by atoms with Crippen molar-refractivity contribution >= 4 is 91.2 Å². The van der Waals surface area contributed by atoms with E-state index in [1.165, 1.54) is 0 Å². The third-order valence-electron chi connectivity index (χ3n) is 3.21. The Labute approximate surface area is 173 Å². The van der Waals surface area contributed by atoms with Crippen LogP contribution in [0.5, 0.6) is 0 Å². The van der Waals surface area contributed by atoms with Gasteiger partial charge in [-0.2, -0.15) is 0 Å². The number of amides is 2. The van der Waals surface area contributed by atoms with Crippen LogP contribution in [0.15, 0.2) is 4.99 Å². The third kappa shape index (κ3) is 3.89. The van der Waals surface area contributed by atoms with E-state index in [2.05, 4.69) is 4.99 Å². The van der Waals surface area contributed by atoms with Gasteiger partial charge in [0.2, 0.25) is 0 Å². The SMILES string of the molecule is NC(=O)c1c(I)c(N=C2CCC(CO)O2)c(I)c(C(N)=O)c1I. The zero-order valence-corrected chi connectivity index (χ0v) is 18.1. The summed E-state index contributed by atoms with van der Waals surface area (Å²) in [7, 11) is 0. The van der Waals surface area contributed by atoms with Crippen LogP contribution in [0, 0.1) is 10.7 Å². The number of carbonyl (C=O) groups is 2. The molecule has 0 saturated carbocycles. The van der Waals surface area contributed by atoms with Crippen LogP contribution in [0.1, 0.15) is 33.6 Å². The molecule has 5 N–H and O–H groups in total. The normalized spacial score (nSPS) is 19.0. The van der Waals surface area contributed by atoms with Crippen molar-refractivity contribution in [3.63, 3.8) is 0 Å². The molecule has 1 atom stereocenters. The number of aliphatic hydroxyl groups is 1. The summed E-state index contributed by atoms with van der Waals surface area (Å²) in [5.74, 6) is -0.855. The van der Waals surface area contributed by atoms with Gasteiger partial charge in [-0.05, 0) is 74.2 Å². The number of rotatable bonds is 4. The first-order valence-corrected chi connectivity index (χ1v) is 9.66. The van der Waals surface area contributed by atoms with E-state index in [0.717, 1.165) is 0 Å². The number of aliphatic hydroxyl groups excluding tert-OH is 1. The monoisotopic (exact) mass is 655 g/mol. The van der Waals surface area contributed by atoms with Gasteiger partial charge >= 0.3 is 0 Å². The maximum absolute atomic E-state index is 11.8. The lowest BCUT2D eigenvalue weighted by Gasteiger charge is -2.14. The van der Waals surface area contributed by atoms with E-state index in [-0.39, 0.29) is 23.8 Å². The Balaban J connectivity index is 2.66. The van der Waals surface area contributed by atoms with Crippen LogP contribution in [-0.4, -0.2) is 35.5 Å². The Kier molecular flexibility index (Phi) is 6.46. The second kappa shape index (κ2) is 7.77. The molecule has 10 heteroatoms. The first kappa shape index (κ1) is 19.1. The number of benzene rings is 1. The van der Waals surface area contributed by atoms with Crippen LogP contribution >= 0.6 is 67.8 Å². The van der Waals surface area contributed by atoms with Gasteiger partial charge < -0.3 is 21.3 Å². The van der Waals surface area contributed by atoms with Crippen molar-refractivity contribution in [3.05, 3.63) is 21.8 Å². The number of ether oxygens (including phenoxy) is 1. The van der Waals surface area contributed by atoms with Crippen LogP contribution in [0.25, 0.3) is 0 Å². The number of hydrogen-bond donors (Lipinski definition) is 3. The summed E-state index contributed by atoms with van der Waals surface area (Å²) in [5.41, 5.74) is 11.7. The zero-order valence-electron chi connectivity index (χ0n) is 11.6. The van der Waals surface area contributed by atoms with Gasteiger partial charge in [0.15, 0.2) is 5.90 Å². The van der Waals surface area contributed by atoms with Gasteiger partial charge in [0.25, 0.3) is 11.8 Å². The van der Waals surface area contributed by atoms with Crippen molar-refractivity contribution in [2.24, 2.45) is 16.5 Å². The molecule has 1 aromatic rings. The van der Waals surface area contributed by atoms with Crippen LogP contribution in [0.4, 0.5) is 5.69 Å². The maximum atomic E-state index is 11.8. The van der Waals surface area contributed by atoms with Gasteiger partial charge in [-0.3, -0.25) is 9.59 Å². The fourth-order valence-electron chi connectivity index (χ4n) is 2.11. The highest BCUT2D eigenvalue weighted by atomic mass is 127. The molecule has 1 unspecified atom stereocenters. The smallest absolute Gasteiger partial charge is 0.250 e. The second-order valence-electron chi connectivity index (χ2n) is 4.74. The van der Waals surface area contributed by atoms with Crippen LogP contribution < -0.4 is 11.5 Å². The van der Waals surface area contributed by atoms with E-state index >= 15 is 0 Å². The lowest BCUT2D eigenvalue weighted by molar-refractivity contribution is 0.0998. The van der Waals surface area contributed by atoms with Gasteiger partial charge in [0.05, 0.1) is 30.6 Å². The van der Waals surface area contributed by atoms with E-state index in [4.69, 9.17) is 21.3 Å². The van der Waals surface area contributed by atoms with Gasteiger partial charge in [0.1, 0.15) is 6.10 Å². The molecule has 1 saturated heterocycles. The van der Waals surface area contributed by atoms with Gasteiger partial charge in [0, 0.05) is 9.99 Å². The van der Waals surface area contributed by atoms with Crippen LogP contribution in [0.2, 0.25) is 0 Å². The molecular weight excluding hydrogens is 643 g/mol. The molecule has 1 fully saturated rings. The molecular formula is C13H12I3N3O4. The van der Waals surface area contributed by atoms with Crippen LogP contribution in [-0.2, 0) is 4.74 Å². The lowest BCUT2D eigenvalue weighted by Crippen LogP contribution is -2.22. The quantitative estimate of drug-likeness (QED) is 0.429. The fourth-order valence-corrected chi connectivity index (χ4v) is 6.58. The average Bonchev–Trinajstić information content (AvgIpc) is 2.90. The van der Waals surface area contributed by atoms with Crippen molar-refractivity contribution in [2.75, 3.05) is 6.61 Å². The van der Waals surface area contributed by atoms with E-state index in [1.807, 2.05) is 67.8 Å². The number of aliphatic imine (C=N–C) groups is 1. The molecule has 1 aliphatic heterocycles.